The summed E-state index contributed by atoms with van der Waals surface area (Å²) in [5.74, 6) is 0.264. The van der Waals surface area contributed by atoms with Crippen LogP contribution in [0.15, 0.2) is 0 Å². The molecule has 1 atom stereocenters. The number of carbonyl (C=O) groups is 2. The Morgan fingerprint density at radius 2 is 2.14 bits per heavy atom. The van der Waals surface area contributed by atoms with Crippen molar-refractivity contribution in [3.05, 3.63) is 0 Å². The number of aldehydes is 1. The van der Waals surface area contributed by atoms with Gasteiger partial charge in [-0.05, 0) is 0 Å². The number of nitrogens with zero attached hydrogens (tertiary/aromatic N) is 2. The van der Waals surface area contributed by atoms with Gasteiger partial charge < -0.3 is 14.6 Å². The quantitative estimate of drug-likeness (QED) is 0.599. The van der Waals surface area contributed by atoms with Crippen molar-refractivity contribution in [3.8, 4) is 0 Å². The monoisotopic (exact) mass is 198 g/mol. The Labute approximate surface area is 84.9 Å². The van der Waals surface area contributed by atoms with Crippen molar-refractivity contribution in [2.24, 2.45) is 5.92 Å². The van der Waals surface area contributed by atoms with E-state index in [2.05, 4.69) is 4.90 Å². The van der Waals surface area contributed by atoms with Gasteiger partial charge in [0, 0.05) is 45.6 Å². The van der Waals surface area contributed by atoms with Crippen molar-refractivity contribution in [1.82, 2.24) is 9.80 Å². The standard InChI is InChI=1S/C10H18N2O2/c1-9(8-13)7-12-4-3-10(14)11(2)5-6-12/h8-9H,3-7H2,1-2H3. The molecule has 4 heteroatoms. The molecular formula is C10H18N2O2. The van der Waals surface area contributed by atoms with E-state index in [9.17, 15) is 9.59 Å². The molecule has 1 rings (SSSR count). The van der Waals surface area contributed by atoms with Crippen LogP contribution in [0.4, 0.5) is 0 Å². The number of carbonyl (C=O) groups excluding carboxylic acids is 2. The maximum atomic E-state index is 11.3. The second-order valence-electron chi connectivity index (χ2n) is 3.98. The van der Waals surface area contributed by atoms with Gasteiger partial charge >= 0.3 is 0 Å². The summed E-state index contributed by atoms with van der Waals surface area (Å²) in [6.07, 6.45) is 1.54. The van der Waals surface area contributed by atoms with Crippen LogP contribution in [-0.2, 0) is 9.59 Å². The van der Waals surface area contributed by atoms with Gasteiger partial charge in [0.1, 0.15) is 6.29 Å². The van der Waals surface area contributed by atoms with Gasteiger partial charge in [-0.2, -0.15) is 0 Å². The van der Waals surface area contributed by atoms with Crippen LogP contribution in [0.5, 0.6) is 0 Å². The molecule has 0 bridgehead atoms. The van der Waals surface area contributed by atoms with Gasteiger partial charge in [0.05, 0.1) is 0 Å². The molecule has 0 saturated carbocycles. The first-order valence-electron chi connectivity index (χ1n) is 5.05. The molecule has 1 aliphatic heterocycles. The van der Waals surface area contributed by atoms with Crippen molar-refractivity contribution >= 4 is 12.2 Å². The first-order chi connectivity index (χ1) is 6.63. The Bertz CT molecular complexity index is 218. The highest BCUT2D eigenvalue weighted by atomic mass is 16.2. The van der Waals surface area contributed by atoms with Crippen LogP contribution in [0.3, 0.4) is 0 Å². The zero-order valence-electron chi connectivity index (χ0n) is 8.90. The Hall–Kier alpha value is -0.900. The summed E-state index contributed by atoms with van der Waals surface area (Å²) in [4.78, 5) is 25.8. The van der Waals surface area contributed by atoms with E-state index in [0.29, 0.717) is 6.42 Å². The van der Waals surface area contributed by atoms with Crippen molar-refractivity contribution in [2.45, 2.75) is 13.3 Å². The number of hydrogen-bond donors (Lipinski definition) is 0. The van der Waals surface area contributed by atoms with Crippen molar-refractivity contribution < 1.29 is 9.59 Å². The molecule has 1 heterocycles. The van der Waals surface area contributed by atoms with E-state index in [1.807, 2.05) is 14.0 Å². The second kappa shape index (κ2) is 5.10. The minimum atomic E-state index is 0.0634. The third-order valence-corrected chi connectivity index (χ3v) is 2.60. The molecule has 1 amide bonds. The maximum absolute atomic E-state index is 11.3. The van der Waals surface area contributed by atoms with E-state index in [0.717, 1.165) is 32.5 Å². The van der Waals surface area contributed by atoms with Gasteiger partial charge in [0.25, 0.3) is 0 Å². The third kappa shape index (κ3) is 3.10. The van der Waals surface area contributed by atoms with E-state index >= 15 is 0 Å². The van der Waals surface area contributed by atoms with Crippen LogP contribution in [-0.4, -0.2) is 55.2 Å². The zero-order valence-corrected chi connectivity index (χ0v) is 8.90. The Morgan fingerprint density at radius 3 is 2.79 bits per heavy atom. The Kier molecular flexibility index (Phi) is 4.07. The summed E-state index contributed by atoms with van der Waals surface area (Å²) in [5.41, 5.74) is 0. The van der Waals surface area contributed by atoms with E-state index in [-0.39, 0.29) is 11.8 Å². The lowest BCUT2D eigenvalue weighted by Crippen LogP contribution is -2.33. The fourth-order valence-electron chi connectivity index (χ4n) is 1.61. The third-order valence-electron chi connectivity index (χ3n) is 2.60. The highest BCUT2D eigenvalue weighted by Crippen LogP contribution is 2.04. The molecule has 14 heavy (non-hydrogen) atoms. The van der Waals surface area contributed by atoms with Gasteiger partial charge in [-0.3, -0.25) is 4.79 Å². The fraction of sp³-hybridized carbons (Fsp3) is 0.800. The smallest absolute Gasteiger partial charge is 0.223 e. The molecule has 0 aliphatic carbocycles. The molecule has 0 radical (unpaired) electrons. The summed E-state index contributed by atoms with van der Waals surface area (Å²) < 4.78 is 0. The predicted molar refractivity (Wildman–Crippen MR) is 53.9 cm³/mol. The molecule has 4 nitrogen and oxygen atoms in total. The normalized spacial score (nSPS) is 21.9. The average molecular weight is 198 g/mol. The molecule has 0 aromatic rings. The van der Waals surface area contributed by atoms with Crippen LogP contribution in [0.2, 0.25) is 0 Å². The molecule has 0 aromatic carbocycles. The molecule has 1 aliphatic rings. The molecule has 0 spiro atoms. The van der Waals surface area contributed by atoms with Gasteiger partial charge in [-0.25, -0.2) is 0 Å². The molecule has 1 unspecified atom stereocenters. The van der Waals surface area contributed by atoms with Crippen molar-refractivity contribution in [1.29, 1.82) is 0 Å². The number of rotatable bonds is 3. The van der Waals surface area contributed by atoms with Crippen LogP contribution >= 0.6 is 0 Å². The summed E-state index contributed by atoms with van der Waals surface area (Å²) in [6.45, 7) is 5.10. The van der Waals surface area contributed by atoms with E-state index in [1.165, 1.54) is 0 Å². The van der Waals surface area contributed by atoms with Gasteiger partial charge in [-0.15, -0.1) is 0 Å². The van der Waals surface area contributed by atoms with Crippen LogP contribution < -0.4 is 0 Å². The van der Waals surface area contributed by atoms with Crippen molar-refractivity contribution in [3.63, 3.8) is 0 Å². The highest BCUT2D eigenvalue weighted by molar-refractivity contribution is 5.76. The van der Waals surface area contributed by atoms with E-state index in [1.54, 1.807) is 4.90 Å². The lowest BCUT2D eigenvalue weighted by molar-refractivity contribution is -0.129. The number of hydrogen-bond acceptors (Lipinski definition) is 3. The number of amides is 1. The molecule has 0 aromatic heterocycles. The molecule has 0 N–H and O–H groups in total. The summed E-state index contributed by atoms with van der Waals surface area (Å²) in [5, 5.41) is 0. The highest BCUT2D eigenvalue weighted by Gasteiger charge is 2.18. The van der Waals surface area contributed by atoms with Crippen LogP contribution in [0.1, 0.15) is 13.3 Å². The lowest BCUT2D eigenvalue weighted by atomic mass is 10.2. The van der Waals surface area contributed by atoms with Gasteiger partial charge in [0.2, 0.25) is 5.91 Å². The SMILES string of the molecule is CC(C=O)CN1CCC(=O)N(C)CC1. The maximum Gasteiger partial charge on any atom is 0.223 e. The zero-order chi connectivity index (χ0) is 10.6. The topological polar surface area (TPSA) is 40.6 Å². The lowest BCUT2D eigenvalue weighted by Gasteiger charge is -2.20. The second-order valence-corrected chi connectivity index (χ2v) is 3.98. The molecule has 80 valence electrons. The van der Waals surface area contributed by atoms with Crippen LogP contribution in [0.25, 0.3) is 0 Å². The minimum absolute atomic E-state index is 0.0634. The first kappa shape index (κ1) is 11.2. The summed E-state index contributed by atoms with van der Waals surface area (Å²) in [6, 6.07) is 0. The fourth-order valence-corrected chi connectivity index (χ4v) is 1.61. The molecular weight excluding hydrogens is 180 g/mol. The summed E-state index contributed by atoms with van der Waals surface area (Å²) >= 11 is 0. The first-order valence-corrected chi connectivity index (χ1v) is 5.05. The minimum Gasteiger partial charge on any atom is -0.344 e. The van der Waals surface area contributed by atoms with E-state index < -0.39 is 0 Å². The van der Waals surface area contributed by atoms with Crippen molar-refractivity contribution in [2.75, 3.05) is 33.2 Å². The Morgan fingerprint density at radius 1 is 1.43 bits per heavy atom. The van der Waals surface area contributed by atoms with Crippen LogP contribution in [0, 0.1) is 5.92 Å². The van der Waals surface area contributed by atoms with Gasteiger partial charge in [0.15, 0.2) is 0 Å². The summed E-state index contributed by atoms with van der Waals surface area (Å²) in [7, 11) is 1.83. The molecule has 1 saturated heterocycles. The van der Waals surface area contributed by atoms with Gasteiger partial charge in [-0.1, -0.05) is 6.92 Å². The predicted octanol–water partition coefficient (Wildman–Crippen LogP) is -0.0145. The average Bonchev–Trinajstić information content (AvgIpc) is 2.33. The van der Waals surface area contributed by atoms with E-state index in [4.69, 9.17) is 0 Å². The Balaban J connectivity index is 2.41. The molecule has 1 fully saturated rings. The largest absolute Gasteiger partial charge is 0.344 e. The number of likely N-dealkylation sites (N-methyl/N-ethyl adjacent to an activating group) is 1.